The molecule has 2 aromatic carbocycles. The quantitative estimate of drug-likeness (QED) is 0.654. The van der Waals surface area contributed by atoms with Gasteiger partial charge in [0.05, 0.1) is 0 Å². The normalized spacial score (nSPS) is 21.2. The highest BCUT2D eigenvalue weighted by atomic mass is 35.5. The van der Waals surface area contributed by atoms with Crippen LogP contribution in [0.4, 0.5) is 5.69 Å². The molecule has 0 aliphatic carbocycles. The molecule has 1 aliphatic rings. The number of anilines is 1. The van der Waals surface area contributed by atoms with Crippen molar-refractivity contribution in [1.29, 1.82) is 0 Å². The summed E-state index contributed by atoms with van der Waals surface area (Å²) in [6.07, 6.45) is 2.60. The van der Waals surface area contributed by atoms with Crippen molar-refractivity contribution in [1.82, 2.24) is 0 Å². The van der Waals surface area contributed by atoms with Gasteiger partial charge in [0, 0.05) is 35.8 Å². The van der Waals surface area contributed by atoms with Gasteiger partial charge in [0.15, 0.2) is 5.76 Å². The fraction of sp³-hybridized carbons (Fsp3) is 0.348. The molecule has 0 unspecified atom stereocenters. The molecule has 0 fully saturated rings. The van der Waals surface area contributed by atoms with Crippen LogP contribution >= 0.6 is 11.6 Å². The number of amides is 1. The molecular formula is C23H26ClNO4. The Hall–Kier alpha value is -2.34. The minimum atomic E-state index is -0.575. The van der Waals surface area contributed by atoms with Gasteiger partial charge in [-0.25, -0.2) is 0 Å². The van der Waals surface area contributed by atoms with Gasteiger partial charge in [0.1, 0.15) is 0 Å². The highest BCUT2D eigenvalue weighted by Crippen LogP contribution is 2.39. The summed E-state index contributed by atoms with van der Waals surface area (Å²) in [5, 5.41) is 12.8. The zero-order valence-corrected chi connectivity index (χ0v) is 17.1. The smallest absolute Gasteiger partial charge is 0.290 e. The number of carbonyl (C=O) groups is 1. The minimum Gasteiger partial charge on any atom is -0.459 e. The number of hydrogen-bond donors (Lipinski definition) is 2. The molecule has 1 aliphatic heterocycles. The zero-order valence-electron chi connectivity index (χ0n) is 16.4. The van der Waals surface area contributed by atoms with Crippen LogP contribution in [-0.2, 0) is 14.3 Å². The third-order valence-corrected chi connectivity index (χ3v) is 5.17. The van der Waals surface area contributed by atoms with Crippen molar-refractivity contribution in [2.75, 3.05) is 18.5 Å². The maximum atomic E-state index is 12.8. The summed E-state index contributed by atoms with van der Waals surface area (Å²) in [5.41, 5.74) is 1.72. The van der Waals surface area contributed by atoms with Gasteiger partial charge in [0.25, 0.3) is 5.91 Å². The number of aliphatic hydroxyl groups is 1. The lowest BCUT2D eigenvalue weighted by molar-refractivity contribution is -0.165. The summed E-state index contributed by atoms with van der Waals surface area (Å²) >= 11 is 6.06. The van der Waals surface area contributed by atoms with Crippen molar-refractivity contribution in [3.8, 4) is 0 Å². The van der Waals surface area contributed by atoms with E-state index >= 15 is 0 Å². The molecule has 5 nitrogen and oxygen atoms in total. The number of carbonyl (C=O) groups excluding carboxylic acids is 1. The van der Waals surface area contributed by atoms with E-state index in [1.807, 2.05) is 67.6 Å². The molecule has 3 atom stereocenters. The summed E-state index contributed by atoms with van der Waals surface area (Å²) in [6.45, 7) is 2.45. The van der Waals surface area contributed by atoms with Crippen molar-refractivity contribution in [2.24, 2.45) is 5.92 Å². The van der Waals surface area contributed by atoms with Crippen molar-refractivity contribution < 1.29 is 19.4 Å². The molecule has 1 heterocycles. The van der Waals surface area contributed by atoms with Gasteiger partial charge in [-0.15, -0.1) is 0 Å². The van der Waals surface area contributed by atoms with Crippen LogP contribution in [0.25, 0.3) is 0 Å². The van der Waals surface area contributed by atoms with Crippen molar-refractivity contribution >= 4 is 23.2 Å². The van der Waals surface area contributed by atoms with Gasteiger partial charge >= 0.3 is 0 Å². The summed E-state index contributed by atoms with van der Waals surface area (Å²) in [7, 11) is 0. The van der Waals surface area contributed by atoms with Gasteiger partial charge in [0.2, 0.25) is 6.29 Å². The van der Waals surface area contributed by atoms with Crippen molar-refractivity contribution in [3.63, 3.8) is 0 Å². The number of ether oxygens (including phenoxy) is 2. The Balaban J connectivity index is 1.92. The zero-order chi connectivity index (χ0) is 20.6. The Kier molecular flexibility index (Phi) is 7.69. The maximum absolute atomic E-state index is 12.8. The summed E-state index contributed by atoms with van der Waals surface area (Å²) in [6, 6.07) is 16.8. The summed E-state index contributed by atoms with van der Waals surface area (Å²) < 4.78 is 11.8. The molecule has 3 rings (SSSR count). The van der Waals surface area contributed by atoms with Crippen LogP contribution in [0.3, 0.4) is 0 Å². The van der Waals surface area contributed by atoms with Crippen LogP contribution < -0.4 is 5.32 Å². The predicted molar refractivity (Wildman–Crippen MR) is 114 cm³/mol. The third kappa shape index (κ3) is 5.60. The molecule has 0 spiro atoms. The Bertz CT molecular complexity index is 823. The standard InChI is InChI=1S/C23H26ClNO4/c1-2-28-23-19(9-6-14-26)20(16-10-12-17(24)13-11-16)15-21(29-23)22(27)25-18-7-4-3-5-8-18/h3-5,7-8,10-13,15,19-20,23,26H,2,6,9,14H2,1H3,(H,25,27)/t19-,20-,23-/m1/s1. The molecule has 29 heavy (non-hydrogen) atoms. The van der Waals surface area contributed by atoms with E-state index in [9.17, 15) is 9.90 Å². The highest BCUT2D eigenvalue weighted by Gasteiger charge is 2.37. The number of allylic oxidation sites excluding steroid dienone is 1. The Morgan fingerprint density at radius 3 is 2.55 bits per heavy atom. The van der Waals surface area contributed by atoms with E-state index < -0.39 is 6.29 Å². The molecule has 0 saturated carbocycles. The van der Waals surface area contributed by atoms with Gasteiger partial charge in [-0.3, -0.25) is 4.79 Å². The van der Waals surface area contributed by atoms with Crippen LogP contribution in [0.1, 0.15) is 31.2 Å². The first-order chi connectivity index (χ1) is 14.1. The Morgan fingerprint density at radius 1 is 1.17 bits per heavy atom. The Labute approximate surface area is 176 Å². The summed E-state index contributed by atoms with van der Waals surface area (Å²) in [5.74, 6) is -0.217. The van der Waals surface area contributed by atoms with E-state index in [0.29, 0.717) is 30.2 Å². The second kappa shape index (κ2) is 10.4. The largest absolute Gasteiger partial charge is 0.459 e. The van der Waals surface area contributed by atoms with E-state index in [-0.39, 0.29) is 30.1 Å². The van der Waals surface area contributed by atoms with Gasteiger partial charge < -0.3 is 19.9 Å². The molecule has 2 N–H and O–H groups in total. The number of aliphatic hydroxyl groups excluding tert-OH is 1. The molecule has 0 radical (unpaired) electrons. The summed E-state index contributed by atoms with van der Waals surface area (Å²) in [4.78, 5) is 12.8. The lowest BCUT2D eigenvalue weighted by atomic mass is 9.80. The van der Waals surface area contributed by atoms with Gasteiger partial charge in [-0.1, -0.05) is 41.9 Å². The number of nitrogens with one attached hydrogen (secondary N) is 1. The number of para-hydroxylation sites is 1. The minimum absolute atomic E-state index is 0.0310. The third-order valence-electron chi connectivity index (χ3n) is 4.92. The van der Waals surface area contributed by atoms with E-state index in [4.69, 9.17) is 21.1 Å². The van der Waals surface area contributed by atoms with Gasteiger partial charge in [-0.2, -0.15) is 0 Å². The maximum Gasteiger partial charge on any atom is 0.290 e. The van der Waals surface area contributed by atoms with Crippen LogP contribution in [0.5, 0.6) is 0 Å². The topological polar surface area (TPSA) is 67.8 Å². The number of hydrogen-bond acceptors (Lipinski definition) is 4. The predicted octanol–water partition coefficient (Wildman–Crippen LogP) is 4.73. The first kappa shape index (κ1) is 21.4. The molecule has 0 aromatic heterocycles. The number of benzene rings is 2. The van der Waals surface area contributed by atoms with Crippen molar-refractivity contribution in [3.05, 3.63) is 77.0 Å². The molecule has 0 saturated heterocycles. The molecule has 2 aromatic rings. The lowest BCUT2D eigenvalue weighted by Crippen LogP contribution is -2.37. The van der Waals surface area contributed by atoms with E-state index in [1.165, 1.54) is 0 Å². The molecule has 1 amide bonds. The Morgan fingerprint density at radius 2 is 1.90 bits per heavy atom. The van der Waals surface area contributed by atoms with Gasteiger partial charge in [-0.05, 0) is 55.7 Å². The van der Waals surface area contributed by atoms with E-state index in [0.717, 1.165) is 5.56 Å². The molecule has 0 bridgehead atoms. The second-order valence-electron chi connectivity index (χ2n) is 6.90. The van der Waals surface area contributed by atoms with Crippen LogP contribution in [0.2, 0.25) is 5.02 Å². The fourth-order valence-electron chi connectivity index (χ4n) is 3.54. The highest BCUT2D eigenvalue weighted by molar-refractivity contribution is 6.30. The van der Waals surface area contributed by atoms with Crippen LogP contribution in [-0.4, -0.2) is 30.5 Å². The monoisotopic (exact) mass is 415 g/mol. The average molecular weight is 416 g/mol. The van der Waals surface area contributed by atoms with E-state index in [2.05, 4.69) is 5.32 Å². The average Bonchev–Trinajstić information content (AvgIpc) is 2.74. The fourth-order valence-corrected chi connectivity index (χ4v) is 3.67. The van der Waals surface area contributed by atoms with E-state index in [1.54, 1.807) is 0 Å². The number of halogens is 1. The SMILES string of the molecule is CCO[C@@H]1OC(C(=O)Nc2ccccc2)=C[C@H](c2ccc(Cl)cc2)[C@H]1CCCO. The second-order valence-corrected chi connectivity index (χ2v) is 7.34. The molecular weight excluding hydrogens is 390 g/mol. The molecule has 154 valence electrons. The van der Waals surface area contributed by atoms with Crippen LogP contribution in [0, 0.1) is 5.92 Å². The van der Waals surface area contributed by atoms with Crippen molar-refractivity contribution in [2.45, 2.75) is 32.0 Å². The number of rotatable bonds is 8. The first-order valence-electron chi connectivity index (χ1n) is 9.85. The molecule has 6 heteroatoms. The first-order valence-corrected chi connectivity index (χ1v) is 10.2. The van der Waals surface area contributed by atoms with Crippen LogP contribution in [0.15, 0.2) is 66.4 Å². The lowest BCUT2D eigenvalue weighted by Gasteiger charge is -2.37.